The van der Waals surface area contributed by atoms with Crippen LogP contribution in [0.5, 0.6) is 0 Å². The van der Waals surface area contributed by atoms with Crippen molar-refractivity contribution in [2.24, 2.45) is 52.3 Å². The Morgan fingerprint density at radius 2 is 1.72 bits per heavy atom. The van der Waals surface area contributed by atoms with Crippen LogP contribution in [0.3, 0.4) is 0 Å². The molecular weight excluding hydrogens is 478 g/mol. The molecule has 0 aromatic heterocycles. The average molecular weight is 527 g/mol. The number of carbonyl (C=O) groups is 1. The zero-order valence-electron chi connectivity index (χ0n) is 22.6. The fourth-order valence-corrected chi connectivity index (χ4v) is 10.2. The van der Waals surface area contributed by atoms with Gasteiger partial charge in [0.15, 0.2) is 0 Å². The van der Waals surface area contributed by atoms with Crippen molar-refractivity contribution in [3.05, 3.63) is 0 Å². The maximum atomic E-state index is 12.2. The van der Waals surface area contributed by atoms with Crippen LogP contribution in [0.1, 0.15) is 91.9 Å². The zero-order chi connectivity index (χ0) is 26.5. The van der Waals surface area contributed by atoms with Gasteiger partial charge in [-0.05, 0) is 104 Å². The number of hydrogen-bond donors (Lipinski definition) is 3. The molecular formula is C28H48NO6S-. The lowest BCUT2D eigenvalue weighted by Crippen LogP contribution is -2.62. The van der Waals surface area contributed by atoms with Crippen molar-refractivity contribution >= 4 is 16.0 Å². The molecule has 4 saturated carbocycles. The monoisotopic (exact) mass is 526 g/mol. The second kappa shape index (κ2) is 10.5. The summed E-state index contributed by atoms with van der Waals surface area (Å²) >= 11 is 0. The van der Waals surface area contributed by atoms with E-state index in [0.29, 0.717) is 41.9 Å². The first-order chi connectivity index (χ1) is 16.8. The van der Waals surface area contributed by atoms with Crippen LogP contribution >= 0.6 is 0 Å². The molecule has 0 unspecified atom stereocenters. The third-order valence-electron chi connectivity index (χ3n) is 11.7. The van der Waals surface area contributed by atoms with Crippen molar-refractivity contribution < 1.29 is 28.0 Å². The topological polar surface area (TPSA) is 127 Å². The average Bonchev–Trinajstić information content (AvgIpc) is 3.15. The molecule has 0 radical (unpaired) electrons. The highest BCUT2D eigenvalue weighted by molar-refractivity contribution is 7.85. The Kier molecular flexibility index (Phi) is 8.23. The van der Waals surface area contributed by atoms with Crippen LogP contribution < -0.4 is 5.32 Å². The number of aliphatic hydroxyl groups excluding tert-OH is 2. The predicted molar refractivity (Wildman–Crippen MR) is 138 cm³/mol. The number of carbonyl (C=O) groups excluding carboxylic acids is 1. The molecule has 0 bridgehead atoms. The van der Waals surface area contributed by atoms with Gasteiger partial charge in [0.2, 0.25) is 5.91 Å². The number of rotatable bonds is 8. The first-order valence-electron chi connectivity index (χ1n) is 14.4. The van der Waals surface area contributed by atoms with Gasteiger partial charge >= 0.3 is 0 Å². The molecule has 0 aromatic carbocycles. The highest BCUT2D eigenvalue weighted by Crippen LogP contribution is 2.69. The first kappa shape index (κ1) is 28.3. The third kappa shape index (κ3) is 5.13. The Morgan fingerprint density at radius 1 is 1.06 bits per heavy atom. The van der Waals surface area contributed by atoms with E-state index in [2.05, 4.69) is 33.0 Å². The number of hydrogen-bond acceptors (Lipinski definition) is 6. The molecule has 0 saturated heterocycles. The number of nitrogens with one attached hydrogen (secondary N) is 1. The van der Waals surface area contributed by atoms with E-state index in [-0.39, 0.29) is 41.4 Å². The fourth-order valence-electron chi connectivity index (χ4n) is 9.90. The lowest BCUT2D eigenvalue weighted by molar-refractivity contribution is -0.203. The van der Waals surface area contributed by atoms with Crippen molar-refractivity contribution in [3.63, 3.8) is 0 Å². The van der Waals surface area contributed by atoms with Crippen LogP contribution in [0.4, 0.5) is 0 Å². The molecule has 4 fully saturated rings. The van der Waals surface area contributed by atoms with Gasteiger partial charge in [-0.3, -0.25) is 4.79 Å². The van der Waals surface area contributed by atoms with Crippen LogP contribution in [0, 0.1) is 52.3 Å². The van der Waals surface area contributed by atoms with Gasteiger partial charge in [-0.2, -0.15) is 0 Å². The number of amides is 1. The van der Waals surface area contributed by atoms with Crippen LogP contribution in [0.15, 0.2) is 0 Å². The summed E-state index contributed by atoms with van der Waals surface area (Å²) in [6, 6.07) is 0. The molecule has 7 nitrogen and oxygen atoms in total. The van der Waals surface area contributed by atoms with Crippen LogP contribution in [-0.2, 0) is 14.9 Å². The quantitative estimate of drug-likeness (QED) is 0.414. The van der Waals surface area contributed by atoms with Crippen molar-refractivity contribution in [3.8, 4) is 0 Å². The summed E-state index contributed by atoms with van der Waals surface area (Å²) in [5, 5.41) is 24.8. The van der Waals surface area contributed by atoms with Gasteiger partial charge < -0.3 is 20.1 Å². The highest BCUT2D eigenvalue weighted by Gasteiger charge is 2.64. The Morgan fingerprint density at radius 3 is 2.39 bits per heavy atom. The van der Waals surface area contributed by atoms with Gasteiger partial charge in [-0.25, -0.2) is 8.42 Å². The van der Waals surface area contributed by atoms with Crippen molar-refractivity contribution in [2.75, 3.05) is 12.3 Å². The van der Waals surface area contributed by atoms with Gasteiger partial charge in [-0.1, -0.05) is 34.1 Å². The molecule has 208 valence electrons. The summed E-state index contributed by atoms with van der Waals surface area (Å²) in [7, 11) is -4.32. The Labute approximate surface area is 217 Å². The molecule has 1 amide bonds. The van der Waals surface area contributed by atoms with E-state index < -0.39 is 15.9 Å². The minimum atomic E-state index is -4.32. The minimum Gasteiger partial charge on any atom is -0.748 e. The first-order valence-corrected chi connectivity index (χ1v) is 16.0. The van der Waals surface area contributed by atoms with Gasteiger partial charge in [0.1, 0.15) is 0 Å². The van der Waals surface area contributed by atoms with E-state index in [1.54, 1.807) is 0 Å². The van der Waals surface area contributed by atoms with Gasteiger partial charge in [0.25, 0.3) is 0 Å². The Hall–Kier alpha value is -0.700. The van der Waals surface area contributed by atoms with Gasteiger partial charge in [0, 0.05) is 13.0 Å². The van der Waals surface area contributed by atoms with Gasteiger partial charge in [0.05, 0.1) is 28.1 Å². The molecule has 0 heterocycles. The van der Waals surface area contributed by atoms with Crippen LogP contribution in [0.25, 0.3) is 0 Å². The van der Waals surface area contributed by atoms with Crippen LogP contribution in [0.2, 0.25) is 0 Å². The summed E-state index contributed by atoms with van der Waals surface area (Å²) in [5.41, 5.74) is 0.356. The SMILES string of the molecule is CC[C@H]1[C@@H](O)[C@@H]2[C@H](CC[C@]3(C)[C@@H]([C@H](C)CCC(=O)NCCS(=O)(=O)[O-])CC[C@@H]23)[C@@]2(C)CC[C@@H](O)C[C@@H]12. The summed E-state index contributed by atoms with van der Waals surface area (Å²) in [4.78, 5) is 12.2. The predicted octanol–water partition coefficient (Wildman–Crippen LogP) is 3.69. The molecule has 4 aliphatic carbocycles. The maximum Gasteiger partial charge on any atom is 0.220 e. The zero-order valence-corrected chi connectivity index (χ0v) is 23.4. The lowest BCUT2D eigenvalue weighted by Gasteiger charge is -2.64. The highest BCUT2D eigenvalue weighted by atomic mass is 32.2. The van der Waals surface area contributed by atoms with E-state index in [4.69, 9.17) is 0 Å². The lowest BCUT2D eigenvalue weighted by atomic mass is 9.41. The van der Waals surface area contributed by atoms with Crippen LogP contribution in [-0.4, -0.2) is 53.6 Å². The molecule has 4 rings (SSSR count). The number of fused-ring (bicyclic) bond motifs is 5. The van der Waals surface area contributed by atoms with Gasteiger partial charge in [-0.15, -0.1) is 0 Å². The Balaban J connectivity index is 1.44. The molecule has 0 aromatic rings. The van der Waals surface area contributed by atoms with E-state index >= 15 is 0 Å². The van der Waals surface area contributed by atoms with E-state index in [0.717, 1.165) is 57.8 Å². The molecule has 0 spiro atoms. The second-order valence-electron chi connectivity index (χ2n) is 13.2. The maximum absolute atomic E-state index is 12.2. The second-order valence-corrected chi connectivity index (χ2v) is 14.8. The summed E-state index contributed by atoms with van der Waals surface area (Å²) in [6.07, 6.45) is 8.86. The molecule has 3 N–H and O–H groups in total. The summed E-state index contributed by atoms with van der Waals surface area (Å²) in [5.74, 6) is 2.09. The minimum absolute atomic E-state index is 0.126. The van der Waals surface area contributed by atoms with Crippen molar-refractivity contribution in [1.29, 1.82) is 0 Å². The molecule has 11 atom stereocenters. The molecule has 0 aliphatic heterocycles. The fraction of sp³-hybridized carbons (Fsp3) is 0.964. The number of aliphatic hydroxyl groups is 2. The molecule has 4 aliphatic rings. The van der Waals surface area contributed by atoms with Crippen molar-refractivity contribution in [2.45, 2.75) is 104 Å². The molecule has 36 heavy (non-hydrogen) atoms. The van der Waals surface area contributed by atoms with E-state index in [9.17, 15) is 28.0 Å². The summed E-state index contributed by atoms with van der Waals surface area (Å²) < 4.78 is 32.3. The normalized spacial score (nSPS) is 45.3. The van der Waals surface area contributed by atoms with Crippen molar-refractivity contribution in [1.82, 2.24) is 5.32 Å². The van der Waals surface area contributed by atoms with E-state index in [1.165, 1.54) is 0 Å². The molecule has 8 heteroatoms. The largest absolute Gasteiger partial charge is 0.748 e. The van der Waals surface area contributed by atoms with E-state index in [1.807, 2.05) is 0 Å². The Bertz CT molecular complexity index is 910. The third-order valence-corrected chi connectivity index (χ3v) is 12.4. The smallest absolute Gasteiger partial charge is 0.220 e. The standard InChI is InChI=1S/C28H49NO6S/c1-5-19-23-16-18(30)10-12-28(23,4)22-11-13-27(3)20(7-8-21(27)25(22)26(19)32)17(2)6-9-24(31)29-14-15-36(33,34)35/h17-23,25-26,30,32H,5-16H2,1-4H3,(H,29,31)(H,33,34,35)/p-1/t17-,18-,19-,20-,21+,22+,23+,25+,26-,27-,28-/m1/s1. The summed E-state index contributed by atoms with van der Waals surface area (Å²) in [6.45, 7) is 9.22.